The van der Waals surface area contributed by atoms with Crippen LogP contribution in [-0.4, -0.2) is 37.8 Å². The first-order valence-corrected chi connectivity index (χ1v) is 9.59. The number of nitrogens with one attached hydrogen (secondary N) is 1. The molecule has 1 aliphatic heterocycles. The summed E-state index contributed by atoms with van der Waals surface area (Å²) < 4.78 is 9.59. The van der Waals surface area contributed by atoms with Gasteiger partial charge in [0.05, 0.1) is 36.2 Å². The molecule has 0 spiro atoms. The topological polar surface area (TPSA) is 73.5 Å². The molecule has 1 aliphatic rings. The molecular weight excluding hydrogens is 354 g/mol. The Morgan fingerprint density at radius 3 is 3.04 bits per heavy atom. The van der Waals surface area contributed by atoms with Crippen molar-refractivity contribution in [3.8, 4) is 0 Å². The Hall–Kier alpha value is -3.19. The number of aromatic nitrogens is 4. The van der Waals surface area contributed by atoms with E-state index < -0.39 is 0 Å². The molecule has 142 valence electrons. The lowest BCUT2D eigenvalue weighted by atomic mass is 10.1. The largest absolute Gasteiger partial charge is 0.376 e. The van der Waals surface area contributed by atoms with Crippen LogP contribution in [0.3, 0.4) is 0 Å². The third kappa shape index (κ3) is 3.03. The zero-order valence-corrected chi connectivity index (χ0v) is 15.4. The number of benzene rings is 1. The fraction of sp³-hybridized carbons (Fsp3) is 0.286. The Kier molecular flexibility index (Phi) is 4.29. The van der Waals surface area contributed by atoms with E-state index in [2.05, 4.69) is 15.4 Å². The van der Waals surface area contributed by atoms with Gasteiger partial charge in [-0.1, -0.05) is 12.1 Å². The summed E-state index contributed by atoms with van der Waals surface area (Å²) in [5, 5.41) is 8.47. The zero-order valence-electron chi connectivity index (χ0n) is 15.4. The van der Waals surface area contributed by atoms with Crippen molar-refractivity contribution in [1.82, 2.24) is 19.2 Å². The number of fused-ring (bicyclic) bond motifs is 2. The second-order valence-electron chi connectivity index (χ2n) is 7.08. The van der Waals surface area contributed by atoms with Crippen molar-refractivity contribution in [3.05, 3.63) is 60.7 Å². The molecule has 0 radical (unpaired) electrons. The summed E-state index contributed by atoms with van der Waals surface area (Å²) in [6, 6.07) is 11.5. The third-order valence-corrected chi connectivity index (χ3v) is 5.24. The maximum absolute atomic E-state index is 12.8. The minimum atomic E-state index is -0.199. The normalized spacial score (nSPS) is 17.2. The van der Waals surface area contributed by atoms with Crippen molar-refractivity contribution in [1.29, 1.82) is 0 Å². The lowest BCUT2D eigenvalue weighted by molar-refractivity contribution is 0.00474. The first kappa shape index (κ1) is 16.9. The SMILES string of the molecule is O=C(Nc1cccc2c1cnn2CC1CCCCO1)c1cnc2ccccn12. The molecule has 5 rings (SSSR count). The molecule has 1 aromatic carbocycles. The molecule has 4 aromatic rings. The van der Waals surface area contributed by atoms with E-state index in [1.165, 1.54) is 6.42 Å². The average molecular weight is 375 g/mol. The first-order chi connectivity index (χ1) is 13.8. The molecule has 1 N–H and O–H groups in total. The van der Waals surface area contributed by atoms with Gasteiger partial charge in [-0.3, -0.25) is 13.9 Å². The van der Waals surface area contributed by atoms with Crippen molar-refractivity contribution in [2.75, 3.05) is 11.9 Å². The number of ether oxygens (including phenoxy) is 1. The number of carbonyl (C=O) groups is 1. The summed E-state index contributed by atoms with van der Waals surface area (Å²) in [7, 11) is 0. The first-order valence-electron chi connectivity index (χ1n) is 9.59. The van der Waals surface area contributed by atoms with Crippen molar-refractivity contribution in [3.63, 3.8) is 0 Å². The maximum Gasteiger partial charge on any atom is 0.274 e. The predicted octanol–water partition coefficient (Wildman–Crippen LogP) is 3.51. The van der Waals surface area contributed by atoms with Crippen molar-refractivity contribution < 1.29 is 9.53 Å². The van der Waals surface area contributed by atoms with E-state index in [4.69, 9.17) is 4.74 Å². The maximum atomic E-state index is 12.8. The summed E-state index contributed by atoms with van der Waals surface area (Å²) in [6.45, 7) is 1.55. The summed E-state index contributed by atoms with van der Waals surface area (Å²) in [5.41, 5.74) is 2.97. The van der Waals surface area contributed by atoms with Gasteiger partial charge in [0.25, 0.3) is 5.91 Å². The van der Waals surface area contributed by atoms with Gasteiger partial charge in [-0.2, -0.15) is 5.10 Å². The molecule has 1 saturated heterocycles. The lowest BCUT2D eigenvalue weighted by Crippen LogP contribution is -2.24. The molecule has 3 aromatic heterocycles. The number of pyridine rings is 1. The number of nitrogens with zero attached hydrogens (tertiary/aromatic N) is 4. The quantitative estimate of drug-likeness (QED) is 0.592. The van der Waals surface area contributed by atoms with E-state index in [-0.39, 0.29) is 12.0 Å². The molecule has 0 bridgehead atoms. The predicted molar refractivity (Wildman–Crippen MR) is 106 cm³/mol. The minimum absolute atomic E-state index is 0.199. The van der Waals surface area contributed by atoms with Gasteiger partial charge in [-0.25, -0.2) is 4.98 Å². The van der Waals surface area contributed by atoms with Crippen LogP contribution in [0.15, 0.2) is 55.0 Å². The number of rotatable bonds is 4. The van der Waals surface area contributed by atoms with Gasteiger partial charge in [0, 0.05) is 18.2 Å². The molecule has 1 atom stereocenters. The van der Waals surface area contributed by atoms with Crippen LogP contribution < -0.4 is 5.32 Å². The smallest absolute Gasteiger partial charge is 0.274 e. The highest BCUT2D eigenvalue weighted by Gasteiger charge is 2.18. The van der Waals surface area contributed by atoms with Crippen LogP contribution in [0.5, 0.6) is 0 Å². The van der Waals surface area contributed by atoms with Crippen LogP contribution in [0.1, 0.15) is 29.8 Å². The summed E-state index contributed by atoms with van der Waals surface area (Å²) in [6.07, 6.45) is 8.83. The van der Waals surface area contributed by atoms with Gasteiger partial charge in [-0.05, 0) is 43.5 Å². The third-order valence-electron chi connectivity index (χ3n) is 5.24. The van der Waals surface area contributed by atoms with Crippen LogP contribution in [0.2, 0.25) is 0 Å². The van der Waals surface area contributed by atoms with E-state index in [1.54, 1.807) is 10.6 Å². The van der Waals surface area contributed by atoms with E-state index in [0.717, 1.165) is 48.2 Å². The number of imidazole rings is 1. The highest BCUT2D eigenvalue weighted by atomic mass is 16.5. The highest BCUT2D eigenvalue weighted by molar-refractivity contribution is 6.08. The van der Waals surface area contributed by atoms with Crippen molar-refractivity contribution in [2.24, 2.45) is 0 Å². The molecule has 7 heteroatoms. The zero-order chi connectivity index (χ0) is 18.9. The molecule has 0 aliphatic carbocycles. The van der Waals surface area contributed by atoms with Gasteiger partial charge in [-0.15, -0.1) is 0 Å². The number of hydrogen-bond donors (Lipinski definition) is 1. The Morgan fingerprint density at radius 1 is 1.18 bits per heavy atom. The number of carbonyl (C=O) groups excluding carboxylic acids is 1. The minimum Gasteiger partial charge on any atom is -0.376 e. The van der Waals surface area contributed by atoms with Gasteiger partial charge in [0.15, 0.2) is 0 Å². The van der Waals surface area contributed by atoms with E-state index in [9.17, 15) is 4.79 Å². The van der Waals surface area contributed by atoms with Gasteiger partial charge in [0.2, 0.25) is 0 Å². The standard InChI is InChI=1S/C21H21N5O2/c27-21(19-13-22-20-9-1-3-10-25(19)20)24-17-7-5-8-18-16(17)12-23-26(18)14-15-6-2-4-11-28-15/h1,3,5,7-10,12-13,15H,2,4,6,11,14H2,(H,24,27). The Labute approximate surface area is 161 Å². The highest BCUT2D eigenvalue weighted by Crippen LogP contribution is 2.25. The molecule has 0 saturated carbocycles. The van der Waals surface area contributed by atoms with E-state index in [1.807, 2.05) is 53.5 Å². The summed E-state index contributed by atoms with van der Waals surface area (Å²) in [4.78, 5) is 17.1. The monoisotopic (exact) mass is 375 g/mol. The van der Waals surface area contributed by atoms with Crippen molar-refractivity contribution in [2.45, 2.75) is 31.9 Å². The molecule has 1 amide bonds. The average Bonchev–Trinajstić information content (AvgIpc) is 3.34. The Morgan fingerprint density at radius 2 is 2.14 bits per heavy atom. The van der Waals surface area contributed by atoms with Crippen molar-refractivity contribution >= 4 is 28.1 Å². The molecule has 4 heterocycles. The fourth-order valence-electron chi connectivity index (χ4n) is 3.79. The number of anilines is 1. The van der Waals surface area contributed by atoms with E-state index in [0.29, 0.717) is 5.69 Å². The van der Waals surface area contributed by atoms with Crippen LogP contribution in [0, 0.1) is 0 Å². The van der Waals surface area contributed by atoms with Gasteiger partial charge >= 0.3 is 0 Å². The number of amides is 1. The number of hydrogen-bond acceptors (Lipinski definition) is 4. The summed E-state index contributed by atoms with van der Waals surface area (Å²) in [5.74, 6) is -0.199. The van der Waals surface area contributed by atoms with Crippen LogP contribution in [-0.2, 0) is 11.3 Å². The van der Waals surface area contributed by atoms with Crippen LogP contribution in [0.25, 0.3) is 16.6 Å². The molecule has 1 unspecified atom stereocenters. The second kappa shape index (κ2) is 7.09. The Bertz CT molecular complexity index is 1140. The second-order valence-corrected chi connectivity index (χ2v) is 7.08. The Balaban J connectivity index is 1.42. The van der Waals surface area contributed by atoms with Crippen LogP contribution in [0.4, 0.5) is 5.69 Å². The van der Waals surface area contributed by atoms with Gasteiger partial charge < -0.3 is 10.1 Å². The molecule has 7 nitrogen and oxygen atoms in total. The van der Waals surface area contributed by atoms with Crippen LogP contribution >= 0.6 is 0 Å². The van der Waals surface area contributed by atoms with Gasteiger partial charge in [0.1, 0.15) is 11.3 Å². The lowest BCUT2D eigenvalue weighted by Gasteiger charge is -2.22. The molecular formula is C21H21N5O2. The summed E-state index contributed by atoms with van der Waals surface area (Å²) >= 11 is 0. The molecule has 28 heavy (non-hydrogen) atoms. The van der Waals surface area contributed by atoms with E-state index >= 15 is 0 Å². The fourth-order valence-corrected chi connectivity index (χ4v) is 3.79. The molecule has 1 fully saturated rings.